The van der Waals surface area contributed by atoms with Crippen LogP contribution in [0.1, 0.15) is 11.1 Å². The summed E-state index contributed by atoms with van der Waals surface area (Å²) in [5, 5.41) is 5.62. The van der Waals surface area contributed by atoms with Crippen molar-refractivity contribution < 1.29 is 0 Å². The number of nitrogens with one attached hydrogen (secondary N) is 1. The van der Waals surface area contributed by atoms with E-state index >= 15 is 0 Å². The Hall–Kier alpha value is -0.440. The lowest BCUT2D eigenvalue weighted by Gasteiger charge is -2.10. The molecule has 2 rings (SSSR count). The van der Waals surface area contributed by atoms with Crippen LogP contribution in [0.2, 0.25) is 20.1 Å². The van der Waals surface area contributed by atoms with E-state index in [2.05, 4.69) is 5.32 Å². The molecule has 0 bridgehead atoms. The molecule has 0 aliphatic rings. The molecule has 100 valence electrons. The van der Waals surface area contributed by atoms with Crippen molar-refractivity contribution in [2.45, 2.75) is 13.1 Å². The van der Waals surface area contributed by atoms with Crippen molar-refractivity contribution in [1.29, 1.82) is 0 Å². The van der Waals surface area contributed by atoms with Crippen LogP contribution in [0.25, 0.3) is 0 Å². The van der Waals surface area contributed by atoms with Crippen molar-refractivity contribution in [3.63, 3.8) is 0 Å². The summed E-state index contributed by atoms with van der Waals surface area (Å²) in [6, 6.07) is 11.1. The zero-order valence-corrected chi connectivity index (χ0v) is 12.9. The SMILES string of the molecule is Clc1ccc(CNCc2c(Cl)ccc(Cl)c2Cl)cc1. The standard InChI is InChI=1S/C14H11Cl4N/c15-10-3-1-9(2-4-10)7-19-8-11-12(16)5-6-13(17)14(11)18/h1-6,19H,7-8H2. The zero-order chi connectivity index (χ0) is 13.8. The Morgan fingerprint density at radius 3 is 2.05 bits per heavy atom. The highest BCUT2D eigenvalue weighted by molar-refractivity contribution is 6.44. The summed E-state index contributed by atoms with van der Waals surface area (Å²) in [6.07, 6.45) is 0. The largest absolute Gasteiger partial charge is 0.309 e. The third-order valence-corrected chi connectivity index (χ3v) is 4.13. The van der Waals surface area contributed by atoms with Crippen molar-refractivity contribution in [3.8, 4) is 0 Å². The summed E-state index contributed by atoms with van der Waals surface area (Å²) in [4.78, 5) is 0. The van der Waals surface area contributed by atoms with E-state index in [0.717, 1.165) is 16.1 Å². The quantitative estimate of drug-likeness (QED) is 0.718. The molecule has 0 fully saturated rings. The molecular weight excluding hydrogens is 324 g/mol. The molecule has 0 saturated heterocycles. The van der Waals surface area contributed by atoms with E-state index in [-0.39, 0.29) is 0 Å². The number of rotatable bonds is 4. The molecule has 2 aromatic carbocycles. The molecule has 0 saturated carbocycles. The Morgan fingerprint density at radius 2 is 1.37 bits per heavy atom. The van der Waals surface area contributed by atoms with Crippen LogP contribution in [-0.4, -0.2) is 0 Å². The third-order valence-electron chi connectivity index (χ3n) is 2.68. The first kappa shape index (κ1) is 15.0. The predicted octanol–water partition coefficient (Wildman–Crippen LogP) is 5.59. The molecular formula is C14H11Cl4N. The van der Waals surface area contributed by atoms with Crippen molar-refractivity contribution in [3.05, 3.63) is 67.6 Å². The molecule has 0 unspecified atom stereocenters. The molecule has 0 aliphatic carbocycles. The summed E-state index contributed by atoms with van der Waals surface area (Å²) in [7, 11) is 0. The normalized spacial score (nSPS) is 10.7. The Kier molecular flexibility index (Phi) is 5.37. The molecule has 0 atom stereocenters. The fourth-order valence-corrected chi connectivity index (χ4v) is 2.47. The van der Waals surface area contributed by atoms with E-state index in [1.165, 1.54) is 0 Å². The van der Waals surface area contributed by atoms with Crippen LogP contribution >= 0.6 is 46.4 Å². The van der Waals surface area contributed by atoms with Crippen LogP contribution in [-0.2, 0) is 13.1 Å². The molecule has 0 aromatic heterocycles. The van der Waals surface area contributed by atoms with Gasteiger partial charge in [0.1, 0.15) is 0 Å². The van der Waals surface area contributed by atoms with Crippen molar-refractivity contribution >= 4 is 46.4 Å². The lowest BCUT2D eigenvalue weighted by molar-refractivity contribution is 0.694. The smallest absolute Gasteiger partial charge is 0.0652 e. The van der Waals surface area contributed by atoms with Crippen LogP contribution in [0.4, 0.5) is 0 Å². The van der Waals surface area contributed by atoms with Crippen LogP contribution in [0, 0.1) is 0 Å². The molecule has 2 aromatic rings. The van der Waals surface area contributed by atoms with Gasteiger partial charge >= 0.3 is 0 Å². The van der Waals surface area contributed by atoms with Crippen molar-refractivity contribution in [1.82, 2.24) is 5.32 Å². The van der Waals surface area contributed by atoms with Gasteiger partial charge < -0.3 is 5.32 Å². The zero-order valence-electron chi connectivity index (χ0n) is 9.89. The number of benzene rings is 2. The number of hydrogen-bond acceptors (Lipinski definition) is 1. The predicted molar refractivity (Wildman–Crippen MR) is 83.5 cm³/mol. The third kappa shape index (κ3) is 4.01. The molecule has 5 heteroatoms. The van der Waals surface area contributed by atoms with Gasteiger partial charge in [-0.3, -0.25) is 0 Å². The van der Waals surface area contributed by atoms with Gasteiger partial charge in [-0.25, -0.2) is 0 Å². The molecule has 1 nitrogen and oxygen atoms in total. The van der Waals surface area contributed by atoms with Crippen molar-refractivity contribution in [2.75, 3.05) is 0 Å². The Bertz CT molecular complexity index is 566. The van der Waals surface area contributed by atoms with E-state index in [1.54, 1.807) is 12.1 Å². The molecule has 0 spiro atoms. The summed E-state index contributed by atoms with van der Waals surface area (Å²) >= 11 is 24.0. The van der Waals surface area contributed by atoms with E-state index in [9.17, 15) is 0 Å². The minimum atomic E-state index is 0.498. The Balaban J connectivity index is 2.00. The van der Waals surface area contributed by atoms with E-state index < -0.39 is 0 Å². The van der Waals surface area contributed by atoms with Gasteiger partial charge in [0.05, 0.1) is 10.0 Å². The van der Waals surface area contributed by atoms with Gasteiger partial charge in [0.2, 0.25) is 0 Å². The van der Waals surface area contributed by atoms with Gasteiger partial charge in [-0.1, -0.05) is 58.5 Å². The molecule has 0 amide bonds. The highest BCUT2D eigenvalue weighted by Gasteiger charge is 2.09. The van der Waals surface area contributed by atoms with Crippen LogP contribution in [0.15, 0.2) is 36.4 Å². The Labute approximate surface area is 132 Å². The molecule has 0 aliphatic heterocycles. The first-order valence-corrected chi connectivity index (χ1v) is 7.16. The summed E-state index contributed by atoms with van der Waals surface area (Å²) in [6.45, 7) is 1.26. The van der Waals surface area contributed by atoms with E-state index in [0.29, 0.717) is 28.2 Å². The van der Waals surface area contributed by atoms with Gasteiger partial charge in [0.15, 0.2) is 0 Å². The van der Waals surface area contributed by atoms with Gasteiger partial charge in [-0.15, -0.1) is 0 Å². The highest BCUT2D eigenvalue weighted by Crippen LogP contribution is 2.31. The van der Waals surface area contributed by atoms with Gasteiger partial charge in [-0.05, 0) is 29.8 Å². The molecule has 0 heterocycles. The average molecular weight is 335 g/mol. The lowest BCUT2D eigenvalue weighted by atomic mass is 10.2. The average Bonchev–Trinajstić information content (AvgIpc) is 2.40. The first-order valence-electron chi connectivity index (χ1n) is 5.65. The fourth-order valence-electron chi connectivity index (χ4n) is 1.67. The second-order valence-corrected chi connectivity index (χ2v) is 5.68. The maximum atomic E-state index is 6.13. The van der Waals surface area contributed by atoms with Gasteiger partial charge in [-0.2, -0.15) is 0 Å². The lowest BCUT2D eigenvalue weighted by Crippen LogP contribution is -2.13. The minimum Gasteiger partial charge on any atom is -0.309 e. The number of hydrogen-bond donors (Lipinski definition) is 1. The molecule has 1 N–H and O–H groups in total. The summed E-state index contributed by atoms with van der Waals surface area (Å²) < 4.78 is 0. The topological polar surface area (TPSA) is 12.0 Å². The molecule has 0 radical (unpaired) electrons. The monoisotopic (exact) mass is 333 g/mol. The van der Waals surface area contributed by atoms with E-state index in [1.807, 2.05) is 24.3 Å². The maximum absolute atomic E-state index is 6.13. The second kappa shape index (κ2) is 6.83. The minimum absolute atomic E-state index is 0.498. The Morgan fingerprint density at radius 1 is 0.737 bits per heavy atom. The van der Waals surface area contributed by atoms with Gasteiger partial charge in [0.25, 0.3) is 0 Å². The number of halogens is 4. The van der Waals surface area contributed by atoms with Gasteiger partial charge in [0, 0.05) is 28.7 Å². The maximum Gasteiger partial charge on any atom is 0.0652 e. The van der Waals surface area contributed by atoms with E-state index in [4.69, 9.17) is 46.4 Å². The second-order valence-electron chi connectivity index (χ2n) is 4.05. The molecule has 19 heavy (non-hydrogen) atoms. The summed E-state index contributed by atoms with van der Waals surface area (Å²) in [5.41, 5.74) is 1.95. The van der Waals surface area contributed by atoms with Crippen molar-refractivity contribution in [2.24, 2.45) is 0 Å². The summed E-state index contributed by atoms with van der Waals surface area (Å²) in [5.74, 6) is 0. The van der Waals surface area contributed by atoms with Crippen LogP contribution < -0.4 is 5.32 Å². The first-order chi connectivity index (χ1) is 9.08. The highest BCUT2D eigenvalue weighted by atomic mass is 35.5. The fraction of sp³-hybridized carbons (Fsp3) is 0.143. The van der Waals surface area contributed by atoms with Crippen LogP contribution in [0.5, 0.6) is 0 Å². The van der Waals surface area contributed by atoms with Crippen LogP contribution in [0.3, 0.4) is 0 Å².